The third-order valence-electron chi connectivity index (χ3n) is 2.76. The lowest BCUT2D eigenvalue weighted by atomic mass is 9.98. The lowest BCUT2D eigenvalue weighted by Crippen LogP contribution is -2.60. The Hall–Kier alpha value is -0.240. The van der Waals surface area contributed by atoms with Crippen molar-refractivity contribution in [2.45, 2.75) is 30.7 Å². The first-order valence-corrected chi connectivity index (χ1v) is 5.10. The molecule has 0 saturated carbocycles. The Labute approximate surface area is 95.4 Å². The van der Waals surface area contributed by atoms with Crippen LogP contribution in [0.5, 0.6) is 0 Å². The molecule has 1 saturated heterocycles. The van der Waals surface area contributed by atoms with Gasteiger partial charge in [0, 0.05) is 28.4 Å². The second kappa shape index (κ2) is 6.48. The molecule has 1 heterocycles. The van der Waals surface area contributed by atoms with Crippen molar-refractivity contribution in [3.05, 3.63) is 0 Å². The molecule has 0 radical (unpaired) electrons. The van der Waals surface area contributed by atoms with Gasteiger partial charge in [-0.3, -0.25) is 0 Å². The summed E-state index contributed by atoms with van der Waals surface area (Å²) in [6, 6.07) is 0. The lowest BCUT2D eigenvalue weighted by Gasteiger charge is -2.42. The standard InChI is InChI=1S/C10H20O6/c1-12-5-6-7(13-2)8(14-3)9(15-4)10(11)16-6/h6-11H,5H2,1-4H3/t6-,7-,8+,9-,10?/m1/s1. The monoisotopic (exact) mass is 236 g/mol. The van der Waals surface area contributed by atoms with E-state index in [4.69, 9.17) is 23.7 Å². The smallest absolute Gasteiger partial charge is 0.184 e. The summed E-state index contributed by atoms with van der Waals surface area (Å²) < 4.78 is 26.1. The Morgan fingerprint density at radius 2 is 1.50 bits per heavy atom. The van der Waals surface area contributed by atoms with Crippen LogP contribution < -0.4 is 0 Å². The van der Waals surface area contributed by atoms with Gasteiger partial charge in [-0.25, -0.2) is 0 Å². The molecule has 16 heavy (non-hydrogen) atoms. The summed E-state index contributed by atoms with van der Waals surface area (Å²) in [5.41, 5.74) is 0. The maximum absolute atomic E-state index is 9.74. The molecule has 0 amide bonds. The number of aliphatic hydroxyl groups is 1. The molecule has 0 aromatic heterocycles. The Morgan fingerprint density at radius 1 is 0.938 bits per heavy atom. The zero-order valence-corrected chi connectivity index (χ0v) is 10.1. The number of methoxy groups -OCH3 is 4. The van der Waals surface area contributed by atoms with Crippen molar-refractivity contribution >= 4 is 0 Å². The van der Waals surface area contributed by atoms with Crippen LogP contribution in [0.4, 0.5) is 0 Å². The second-order valence-electron chi connectivity index (χ2n) is 3.62. The van der Waals surface area contributed by atoms with Gasteiger partial charge in [-0.2, -0.15) is 0 Å². The van der Waals surface area contributed by atoms with E-state index in [1.807, 2.05) is 0 Å². The van der Waals surface area contributed by atoms with Crippen LogP contribution in [-0.4, -0.2) is 70.9 Å². The van der Waals surface area contributed by atoms with E-state index >= 15 is 0 Å². The summed E-state index contributed by atoms with van der Waals surface area (Å²) in [5.74, 6) is 0. The van der Waals surface area contributed by atoms with Crippen LogP contribution in [0.1, 0.15) is 0 Å². The van der Waals surface area contributed by atoms with E-state index in [-0.39, 0.29) is 18.3 Å². The van der Waals surface area contributed by atoms with Gasteiger partial charge in [0.15, 0.2) is 6.29 Å². The third-order valence-corrected chi connectivity index (χ3v) is 2.76. The van der Waals surface area contributed by atoms with Crippen LogP contribution in [0.15, 0.2) is 0 Å². The Morgan fingerprint density at radius 3 is 1.94 bits per heavy atom. The fourth-order valence-electron chi connectivity index (χ4n) is 2.00. The van der Waals surface area contributed by atoms with E-state index in [2.05, 4.69) is 0 Å². The fraction of sp³-hybridized carbons (Fsp3) is 1.00. The molecule has 1 fully saturated rings. The van der Waals surface area contributed by atoms with Crippen molar-refractivity contribution in [1.82, 2.24) is 0 Å². The van der Waals surface area contributed by atoms with Gasteiger partial charge in [-0.15, -0.1) is 0 Å². The quantitative estimate of drug-likeness (QED) is 0.687. The van der Waals surface area contributed by atoms with Gasteiger partial charge < -0.3 is 28.8 Å². The number of hydrogen-bond donors (Lipinski definition) is 1. The van der Waals surface area contributed by atoms with Crippen LogP contribution in [0.25, 0.3) is 0 Å². The molecule has 6 nitrogen and oxygen atoms in total. The van der Waals surface area contributed by atoms with Gasteiger partial charge in [0.05, 0.1) is 6.61 Å². The molecule has 1 rings (SSSR count). The van der Waals surface area contributed by atoms with Crippen molar-refractivity contribution in [1.29, 1.82) is 0 Å². The highest BCUT2D eigenvalue weighted by atomic mass is 16.7. The van der Waals surface area contributed by atoms with Gasteiger partial charge in [-0.05, 0) is 0 Å². The molecule has 1 unspecified atom stereocenters. The predicted molar refractivity (Wildman–Crippen MR) is 55.1 cm³/mol. The second-order valence-corrected chi connectivity index (χ2v) is 3.62. The number of hydrogen-bond acceptors (Lipinski definition) is 6. The minimum atomic E-state index is -1.04. The summed E-state index contributed by atoms with van der Waals surface area (Å²) in [4.78, 5) is 0. The largest absolute Gasteiger partial charge is 0.382 e. The molecule has 96 valence electrons. The normalized spacial score (nSPS) is 39.9. The number of ether oxygens (including phenoxy) is 5. The first kappa shape index (κ1) is 13.8. The van der Waals surface area contributed by atoms with Gasteiger partial charge in [0.25, 0.3) is 0 Å². The van der Waals surface area contributed by atoms with Crippen molar-refractivity contribution < 1.29 is 28.8 Å². The maximum Gasteiger partial charge on any atom is 0.184 e. The highest BCUT2D eigenvalue weighted by molar-refractivity contribution is 4.91. The molecule has 6 heteroatoms. The summed E-state index contributed by atoms with van der Waals surface area (Å²) >= 11 is 0. The molecular formula is C10H20O6. The maximum atomic E-state index is 9.74. The van der Waals surface area contributed by atoms with E-state index in [1.165, 1.54) is 7.11 Å². The number of aliphatic hydroxyl groups excluding tert-OH is 1. The molecular weight excluding hydrogens is 216 g/mol. The van der Waals surface area contributed by atoms with Gasteiger partial charge in [-0.1, -0.05) is 0 Å². The highest BCUT2D eigenvalue weighted by Gasteiger charge is 2.46. The average Bonchev–Trinajstić information content (AvgIpc) is 2.28. The fourth-order valence-corrected chi connectivity index (χ4v) is 2.00. The number of rotatable bonds is 5. The Balaban J connectivity index is 2.78. The van der Waals surface area contributed by atoms with Crippen molar-refractivity contribution in [2.24, 2.45) is 0 Å². The van der Waals surface area contributed by atoms with E-state index in [0.29, 0.717) is 6.61 Å². The molecule has 0 bridgehead atoms. The topological polar surface area (TPSA) is 66.4 Å². The van der Waals surface area contributed by atoms with Crippen molar-refractivity contribution in [3.8, 4) is 0 Å². The zero-order chi connectivity index (χ0) is 12.1. The highest BCUT2D eigenvalue weighted by Crippen LogP contribution is 2.25. The van der Waals surface area contributed by atoms with Crippen molar-refractivity contribution in [2.75, 3.05) is 35.0 Å². The zero-order valence-electron chi connectivity index (χ0n) is 10.1. The van der Waals surface area contributed by atoms with Crippen LogP contribution in [0, 0.1) is 0 Å². The summed E-state index contributed by atoms with van der Waals surface area (Å²) in [7, 11) is 6.16. The summed E-state index contributed by atoms with van der Waals surface area (Å²) in [5, 5.41) is 9.74. The van der Waals surface area contributed by atoms with E-state index in [9.17, 15) is 5.11 Å². The molecule has 5 atom stereocenters. The molecule has 1 aliphatic rings. The summed E-state index contributed by atoms with van der Waals surface area (Å²) in [6.45, 7) is 0.325. The minimum absolute atomic E-state index is 0.325. The average molecular weight is 236 g/mol. The molecule has 1 aliphatic heterocycles. The van der Waals surface area contributed by atoms with Crippen LogP contribution in [-0.2, 0) is 23.7 Å². The minimum Gasteiger partial charge on any atom is -0.382 e. The van der Waals surface area contributed by atoms with Crippen molar-refractivity contribution in [3.63, 3.8) is 0 Å². The van der Waals surface area contributed by atoms with Crippen LogP contribution >= 0.6 is 0 Å². The molecule has 0 aromatic rings. The summed E-state index contributed by atoms with van der Waals surface area (Å²) in [6.07, 6.45) is -2.71. The lowest BCUT2D eigenvalue weighted by molar-refractivity contribution is -0.300. The van der Waals surface area contributed by atoms with Crippen LogP contribution in [0.2, 0.25) is 0 Å². The molecule has 0 aromatic carbocycles. The Bertz CT molecular complexity index is 200. The SMILES string of the molecule is COC[C@H]1OC(O)[C@H](OC)[C@@H](OC)[C@@H]1OC. The van der Waals surface area contributed by atoms with Gasteiger partial charge >= 0.3 is 0 Å². The van der Waals surface area contributed by atoms with Gasteiger partial charge in [0.2, 0.25) is 0 Å². The first-order chi connectivity index (χ1) is 7.69. The first-order valence-electron chi connectivity index (χ1n) is 5.10. The van der Waals surface area contributed by atoms with Crippen LogP contribution in [0.3, 0.4) is 0 Å². The molecule has 1 N–H and O–H groups in total. The predicted octanol–water partition coefficient (Wildman–Crippen LogP) is -0.605. The van der Waals surface area contributed by atoms with Gasteiger partial charge in [0.1, 0.15) is 24.4 Å². The molecule has 0 aliphatic carbocycles. The van der Waals surface area contributed by atoms with E-state index in [1.54, 1.807) is 21.3 Å². The van der Waals surface area contributed by atoms with E-state index in [0.717, 1.165) is 0 Å². The van der Waals surface area contributed by atoms with E-state index < -0.39 is 12.4 Å². The third kappa shape index (κ3) is 2.71. The molecule has 0 spiro atoms. The Kier molecular flexibility index (Phi) is 5.60.